The van der Waals surface area contributed by atoms with Crippen LogP contribution in [-0.4, -0.2) is 38.6 Å². The Morgan fingerprint density at radius 3 is 2.57 bits per heavy atom. The second kappa shape index (κ2) is 8.73. The van der Waals surface area contributed by atoms with E-state index in [9.17, 15) is 8.42 Å². The number of halogens is 1. The van der Waals surface area contributed by atoms with E-state index in [2.05, 4.69) is 12.2 Å². The van der Waals surface area contributed by atoms with Gasteiger partial charge in [0.15, 0.2) is 0 Å². The number of hydrogen-bond acceptors (Lipinski definition) is 3. The monoisotopic (exact) mass is 332 g/mol. The van der Waals surface area contributed by atoms with Crippen LogP contribution in [0.4, 0.5) is 0 Å². The molecule has 0 fully saturated rings. The molecule has 0 aromatic heterocycles. The Labute approximate surface area is 133 Å². The van der Waals surface area contributed by atoms with Crippen LogP contribution in [0.3, 0.4) is 0 Å². The molecule has 1 aromatic rings. The van der Waals surface area contributed by atoms with Crippen LogP contribution >= 0.6 is 11.6 Å². The smallest absolute Gasteiger partial charge is 0.214 e. The summed E-state index contributed by atoms with van der Waals surface area (Å²) in [5, 5.41) is 3.81. The highest BCUT2D eigenvalue weighted by Gasteiger charge is 2.24. The number of sulfonamides is 1. The minimum Gasteiger partial charge on any atom is -0.317 e. The zero-order chi connectivity index (χ0) is 15.9. The van der Waals surface area contributed by atoms with Gasteiger partial charge in [-0.15, -0.1) is 0 Å². The molecular formula is C15H25ClN2O2S. The average molecular weight is 333 g/mol. The fraction of sp³-hybridized carbons (Fsp3) is 0.600. The first kappa shape index (κ1) is 18.4. The molecule has 0 aliphatic heterocycles. The first-order valence-electron chi connectivity index (χ1n) is 7.31. The summed E-state index contributed by atoms with van der Waals surface area (Å²) >= 11 is 6.14. The van der Waals surface area contributed by atoms with Crippen molar-refractivity contribution in [2.24, 2.45) is 0 Å². The van der Waals surface area contributed by atoms with E-state index in [1.54, 1.807) is 13.1 Å². The van der Waals surface area contributed by atoms with Crippen molar-refractivity contribution in [3.8, 4) is 0 Å². The Morgan fingerprint density at radius 1 is 1.29 bits per heavy atom. The topological polar surface area (TPSA) is 49.4 Å². The molecular weight excluding hydrogens is 308 g/mol. The maximum absolute atomic E-state index is 12.3. The highest BCUT2D eigenvalue weighted by molar-refractivity contribution is 7.89. The van der Waals surface area contributed by atoms with Crippen LogP contribution in [0.1, 0.15) is 38.3 Å². The summed E-state index contributed by atoms with van der Waals surface area (Å²) in [7, 11) is -1.66. The van der Waals surface area contributed by atoms with Gasteiger partial charge in [0.2, 0.25) is 10.0 Å². The second-order valence-electron chi connectivity index (χ2n) is 5.13. The maximum atomic E-state index is 12.3. The zero-order valence-corrected chi connectivity index (χ0v) is 14.5. The van der Waals surface area contributed by atoms with Crippen molar-refractivity contribution in [1.29, 1.82) is 0 Å². The third-order valence-electron chi connectivity index (χ3n) is 3.52. The lowest BCUT2D eigenvalue weighted by molar-refractivity contribution is 0.397. The van der Waals surface area contributed by atoms with Crippen molar-refractivity contribution in [2.45, 2.75) is 32.7 Å². The van der Waals surface area contributed by atoms with Crippen LogP contribution in [0.2, 0.25) is 5.02 Å². The van der Waals surface area contributed by atoms with Gasteiger partial charge in [0.25, 0.3) is 0 Å². The van der Waals surface area contributed by atoms with Crippen molar-refractivity contribution in [2.75, 3.05) is 25.9 Å². The SMILES string of the molecule is CCCNCCCS(=O)(=O)N(C)C(C)c1ccccc1Cl. The summed E-state index contributed by atoms with van der Waals surface area (Å²) in [5.41, 5.74) is 0.828. The molecule has 0 aliphatic rings. The number of nitrogens with zero attached hydrogens (tertiary/aromatic N) is 1. The Morgan fingerprint density at radius 2 is 1.95 bits per heavy atom. The third-order valence-corrected chi connectivity index (χ3v) is 5.86. The van der Waals surface area contributed by atoms with Gasteiger partial charge in [0.1, 0.15) is 0 Å². The molecule has 1 atom stereocenters. The summed E-state index contributed by atoms with van der Waals surface area (Å²) in [4.78, 5) is 0. The molecule has 0 amide bonds. The van der Waals surface area contributed by atoms with Crippen LogP contribution in [0, 0.1) is 0 Å². The molecule has 4 nitrogen and oxygen atoms in total. The Bertz CT molecular complexity index is 534. The van der Waals surface area contributed by atoms with Crippen molar-refractivity contribution in [1.82, 2.24) is 9.62 Å². The first-order valence-corrected chi connectivity index (χ1v) is 9.29. The highest BCUT2D eigenvalue weighted by Crippen LogP contribution is 2.27. The first-order chi connectivity index (χ1) is 9.90. The molecule has 0 bridgehead atoms. The van der Waals surface area contributed by atoms with Gasteiger partial charge in [0.05, 0.1) is 5.75 Å². The molecule has 0 saturated carbocycles. The quantitative estimate of drug-likeness (QED) is 0.707. The summed E-state index contributed by atoms with van der Waals surface area (Å²) in [5.74, 6) is 0.148. The van der Waals surface area contributed by atoms with Crippen LogP contribution in [0.15, 0.2) is 24.3 Å². The molecule has 1 aromatic carbocycles. The second-order valence-corrected chi connectivity index (χ2v) is 7.69. The lowest BCUT2D eigenvalue weighted by Gasteiger charge is -2.25. The molecule has 120 valence electrons. The van der Waals surface area contributed by atoms with Crippen molar-refractivity contribution >= 4 is 21.6 Å². The highest BCUT2D eigenvalue weighted by atomic mass is 35.5. The standard InChI is InChI=1S/C15H25ClN2O2S/c1-4-10-17-11-7-12-21(19,20)18(3)13(2)14-8-5-6-9-15(14)16/h5-6,8-9,13,17H,4,7,10-12H2,1-3H3. The van der Waals surface area contributed by atoms with Gasteiger partial charge in [-0.1, -0.05) is 36.7 Å². The zero-order valence-electron chi connectivity index (χ0n) is 13.0. The predicted molar refractivity (Wildman–Crippen MR) is 89.2 cm³/mol. The predicted octanol–water partition coefficient (Wildman–Crippen LogP) is 3.05. The van der Waals surface area contributed by atoms with E-state index < -0.39 is 10.0 Å². The largest absolute Gasteiger partial charge is 0.317 e. The fourth-order valence-electron chi connectivity index (χ4n) is 2.08. The van der Waals surface area contributed by atoms with Crippen LogP contribution in [0.5, 0.6) is 0 Å². The molecule has 0 spiro atoms. The van der Waals surface area contributed by atoms with E-state index in [1.165, 1.54) is 4.31 Å². The lowest BCUT2D eigenvalue weighted by Crippen LogP contribution is -2.33. The van der Waals surface area contributed by atoms with Crippen LogP contribution in [0.25, 0.3) is 0 Å². The van der Waals surface area contributed by atoms with E-state index in [4.69, 9.17) is 11.6 Å². The minimum atomic E-state index is -3.28. The van der Waals surface area contributed by atoms with E-state index >= 15 is 0 Å². The molecule has 0 radical (unpaired) electrons. The summed E-state index contributed by atoms with van der Waals surface area (Å²) < 4.78 is 26.1. The summed E-state index contributed by atoms with van der Waals surface area (Å²) in [6, 6.07) is 7.08. The Kier molecular flexibility index (Phi) is 7.66. The average Bonchev–Trinajstić information content (AvgIpc) is 2.46. The van der Waals surface area contributed by atoms with Crippen molar-refractivity contribution < 1.29 is 8.42 Å². The van der Waals surface area contributed by atoms with E-state index in [-0.39, 0.29) is 11.8 Å². The van der Waals surface area contributed by atoms with E-state index in [1.807, 2.05) is 25.1 Å². The number of rotatable bonds is 9. The summed E-state index contributed by atoms with van der Waals surface area (Å²) in [6.45, 7) is 5.59. The van der Waals surface area contributed by atoms with Crippen molar-refractivity contribution in [3.05, 3.63) is 34.9 Å². The van der Waals surface area contributed by atoms with Crippen LogP contribution in [-0.2, 0) is 10.0 Å². The number of hydrogen-bond donors (Lipinski definition) is 1. The fourth-order valence-corrected chi connectivity index (χ4v) is 3.76. The molecule has 1 rings (SSSR count). The van der Waals surface area contributed by atoms with Crippen molar-refractivity contribution in [3.63, 3.8) is 0 Å². The molecule has 0 aliphatic carbocycles. The van der Waals surface area contributed by atoms with Gasteiger partial charge in [-0.3, -0.25) is 0 Å². The number of nitrogens with one attached hydrogen (secondary N) is 1. The Balaban J connectivity index is 2.64. The van der Waals surface area contributed by atoms with E-state index in [0.717, 1.165) is 25.1 Å². The normalized spacial score (nSPS) is 13.6. The van der Waals surface area contributed by atoms with Gasteiger partial charge in [-0.05, 0) is 44.5 Å². The third kappa shape index (κ3) is 5.58. The van der Waals surface area contributed by atoms with Gasteiger partial charge in [-0.25, -0.2) is 8.42 Å². The minimum absolute atomic E-state index is 0.148. The van der Waals surface area contributed by atoms with E-state index in [0.29, 0.717) is 11.4 Å². The van der Waals surface area contributed by atoms with Crippen LogP contribution < -0.4 is 5.32 Å². The molecule has 0 saturated heterocycles. The van der Waals surface area contributed by atoms with Gasteiger partial charge < -0.3 is 5.32 Å². The molecule has 0 heterocycles. The molecule has 21 heavy (non-hydrogen) atoms. The molecule has 1 unspecified atom stereocenters. The van der Waals surface area contributed by atoms with Gasteiger partial charge >= 0.3 is 0 Å². The lowest BCUT2D eigenvalue weighted by atomic mass is 10.1. The van der Waals surface area contributed by atoms with Gasteiger partial charge in [-0.2, -0.15) is 4.31 Å². The number of benzene rings is 1. The Hall–Kier alpha value is -0.620. The maximum Gasteiger partial charge on any atom is 0.214 e. The molecule has 6 heteroatoms. The molecule has 1 N–H and O–H groups in total. The van der Waals surface area contributed by atoms with Gasteiger partial charge in [0, 0.05) is 18.1 Å². The summed E-state index contributed by atoms with van der Waals surface area (Å²) in [6.07, 6.45) is 1.66.